The molecule has 2 aromatic rings. The minimum Gasteiger partial charge on any atom is -0.422 e. The number of carbonyl (C=O) groups excluding carboxylic acids is 1. The van der Waals surface area contributed by atoms with Gasteiger partial charge in [-0.3, -0.25) is 4.79 Å². The standard InChI is InChI=1S/C15H10Cl5NO2/c16-10-11(17)13(19)15(14(20)12(10)18)23-9(22)7-21-6-8-4-2-1-3-5-8/h1-5,21H,6-7H2. The summed E-state index contributed by atoms with van der Waals surface area (Å²) >= 11 is 29.7. The zero-order valence-electron chi connectivity index (χ0n) is 11.5. The van der Waals surface area contributed by atoms with E-state index < -0.39 is 5.97 Å². The topological polar surface area (TPSA) is 38.3 Å². The highest BCUT2D eigenvalue weighted by atomic mass is 35.5. The number of carbonyl (C=O) groups is 1. The van der Waals surface area contributed by atoms with Crippen LogP contribution in [0.1, 0.15) is 5.56 Å². The molecule has 0 aliphatic heterocycles. The summed E-state index contributed by atoms with van der Waals surface area (Å²) in [5.74, 6) is -0.696. The molecule has 0 spiro atoms. The second kappa shape index (κ2) is 8.43. The molecular formula is C15H10Cl5NO2. The maximum absolute atomic E-state index is 11.9. The summed E-state index contributed by atoms with van der Waals surface area (Å²) in [5, 5.41) is 2.77. The predicted octanol–water partition coefficient (Wildman–Crippen LogP) is 5.65. The maximum Gasteiger partial charge on any atom is 0.325 e. The third kappa shape index (κ3) is 4.66. The van der Waals surface area contributed by atoms with Crippen LogP contribution in [-0.2, 0) is 11.3 Å². The molecule has 0 heterocycles. The van der Waals surface area contributed by atoms with Crippen LogP contribution in [0.15, 0.2) is 30.3 Å². The lowest BCUT2D eigenvalue weighted by Gasteiger charge is -2.12. The van der Waals surface area contributed by atoms with E-state index >= 15 is 0 Å². The van der Waals surface area contributed by atoms with E-state index in [4.69, 9.17) is 62.7 Å². The van der Waals surface area contributed by atoms with Crippen molar-refractivity contribution in [3.05, 3.63) is 61.0 Å². The Morgan fingerprint density at radius 2 is 1.39 bits per heavy atom. The van der Waals surface area contributed by atoms with Gasteiger partial charge < -0.3 is 10.1 Å². The average molecular weight is 414 g/mol. The van der Waals surface area contributed by atoms with Gasteiger partial charge >= 0.3 is 5.97 Å². The Bertz CT molecular complexity index is 693. The third-order valence-corrected chi connectivity index (χ3v) is 5.07. The van der Waals surface area contributed by atoms with E-state index in [1.807, 2.05) is 30.3 Å². The summed E-state index contributed by atoms with van der Waals surface area (Å²) in [7, 11) is 0. The number of ether oxygens (including phenoxy) is 1. The summed E-state index contributed by atoms with van der Waals surface area (Å²) < 4.78 is 5.14. The first kappa shape index (κ1) is 18.7. The Kier molecular flexibility index (Phi) is 6.84. The van der Waals surface area contributed by atoms with E-state index in [0.717, 1.165) is 5.56 Å². The highest BCUT2D eigenvalue weighted by Gasteiger charge is 2.22. The van der Waals surface area contributed by atoms with Crippen molar-refractivity contribution in [3.63, 3.8) is 0 Å². The highest BCUT2D eigenvalue weighted by Crippen LogP contribution is 2.48. The highest BCUT2D eigenvalue weighted by molar-refractivity contribution is 6.55. The van der Waals surface area contributed by atoms with Crippen LogP contribution in [0.4, 0.5) is 0 Å². The van der Waals surface area contributed by atoms with Crippen molar-refractivity contribution in [2.45, 2.75) is 6.54 Å². The molecule has 1 N–H and O–H groups in total. The Labute approximate surface area is 158 Å². The Balaban J connectivity index is 2.01. The zero-order chi connectivity index (χ0) is 17.0. The number of rotatable bonds is 5. The van der Waals surface area contributed by atoms with Crippen molar-refractivity contribution in [2.24, 2.45) is 0 Å². The number of benzene rings is 2. The average Bonchev–Trinajstić information content (AvgIpc) is 2.56. The van der Waals surface area contributed by atoms with Crippen LogP contribution in [0.25, 0.3) is 0 Å². The summed E-state index contributed by atoms with van der Waals surface area (Å²) in [6, 6.07) is 9.60. The molecule has 0 unspecified atom stereocenters. The lowest BCUT2D eigenvalue weighted by molar-refractivity contribution is -0.133. The zero-order valence-corrected chi connectivity index (χ0v) is 15.3. The molecule has 0 fully saturated rings. The van der Waals surface area contributed by atoms with Gasteiger partial charge in [0.1, 0.15) is 10.0 Å². The van der Waals surface area contributed by atoms with Gasteiger partial charge in [0.15, 0.2) is 5.75 Å². The van der Waals surface area contributed by atoms with Gasteiger partial charge in [-0.2, -0.15) is 0 Å². The first-order chi connectivity index (χ1) is 10.9. The number of nitrogens with one attached hydrogen (secondary N) is 1. The Morgan fingerprint density at radius 3 is 1.96 bits per heavy atom. The molecule has 0 atom stereocenters. The first-order valence-electron chi connectivity index (χ1n) is 6.38. The van der Waals surface area contributed by atoms with E-state index in [1.165, 1.54) is 0 Å². The van der Waals surface area contributed by atoms with Crippen molar-refractivity contribution >= 4 is 64.0 Å². The molecule has 122 valence electrons. The largest absolute Gasteiger partial charge is 0.422 e. The smallest absolute Gasteiger partial charge is 0.325 e. The molecule has 0 saturated heterocycles. The van der Waals surface area contributed by atoms with Crippen molar-refractivity contribution in [2.75, 3.05) is 6.54 Å². The molecule has 0 saturated carbocycles. The van der Waals surface area contributed by atoms with E-state index in [9.17, 15) is 4.79 Å². The number of esters is 1. The summed E-state index contributed by atoms with van der Waals surface area (Å²) in [4.78, 5) is 11.9. The van der Waals surface area contributed by atoms with Gasteiger partial charge in [0.25, 0.3) is 0 Å². The molecule has 23 heavy (non-hydrogen) atoms. The van der Waals surface area contributed by atoms with Crippen LogP contribution in [0.3, 0.4) is 0 Å². The molecule has 2 aromatic carbocycles. The van der Waals surface area contributed by atoms with Crippen LogP contribution in [0.2, 0.25) is 25.1 Å². The molecule has 0 bridgehead atoms. The van der Waals surface area contributed by atoms with Gasteiger partial charge in [0.2, 0.25) is 0 Å². The van der Waals surface area contributed by atoms with Crippen LogP contribution in [-0.4, -0.2) is 12.5 Å². The normalized spacial score (nSPS) is 10.7. The molecule has 0 amide bonds. The second-order valence-corrected chi connectivity index (χ2v) is 6.35. The molecule has 0 aromatic heterocycles. The molecule has 3 nitrogen and oxygen atoms in total. The van der Waals surface area contributed by atoms with Gasteiger partial charge in [-0.1, -0.05) is 88.3 Å². The van der Waals surface area contributed by atoms with Gasteiger partial charge in [-0.15, -0.1) is 0 Å². The first-order valence-corrected chi connectivity index (χ1v) is 8.27. The molecule has 0 radical (unpaired) electrons. The van der Waals surface area contributed by atoms with Gasteiger partial charge in [-0.05, 0) is 5.56 Å². The van der Waals surface area contributed by atoms with Crippen molar-refractivity contribution in [3.8, 4) is 5.75 Å². The van der Waals surface area contributed by atoms with Gasteiger partial charge in [0.05, 0.1) is 21.6 Å². The van der Waals surface area contributed by atoms with Gasteiger partial charge in [-0.25, -0.2) is 0 Å². The van der Waals surface area contributed by atoms with Crippen molar-refractivity contribution in [1.29, 1.82) is 0 Å². The quantitative estimate of drug-likeness (QED) is 0.298. The number of halogens is 5. The molecule has 8 heteroatoms. The SMILES string of the molecule is O=C(CNCc1ccccc1)Oc1c(Cl)c(Cl)c(Cl)c(Cl)c1Cl. The van der Waals surface area contributed by atoms with E-state index in [1.54, 1.807) is 0 Å². The van der Waals surface area contributed by atoms with Crippen LogP contribution < -0.4 is 10.1 Å². The molecule has 0 aliphatic carbocycles. The number of hydrogen-bond donors (Lipinski definition) is 1. The van der Waals surface area contributed by atoms with E-state index in [2.05, 4.69) is 5.32 Å². The van der Waals surface area contributed by atoms with Crippen LogP contribution in [0, 0.1) is 0 Å². The Hall–Kier alpha value is -0.680. The third-order valence-electron chi connectivity index (χ3n) is 2.83. The van der Waals surface area contributed by atoms with Crippen LogP contribution >= 0.6 is 58.0 Å². The Morgan fingerprint density at radius 1 is 0.870 bits per heavy atom. The fraction of sp³-hybridized carbons (Fsp3) is 0.133. The predicted molar refractivity (Wildman–Crippen MR) is 95.3 cm³/mol. The van der Waals surface area contributed by atoms with Gasteiger partial charge in [0, 0.05) is 6.54 Å². The monoisotopic (exact) mass is 411 g/mol. The summed E-state index contributed by atoms with van der Waals surface area (Å²) in [6.07, 6.45) is 0. The molecular weight excluding hydrogens is 403 g/mol. The fourth-order valence-corrected chi connectivity index (χ4v) is 2.93. The van der Waals surface area contributed by atoms with Crippen LogP contribution in [0.5, 0.6) is 5.75 Å². The summed E-state index contributed by atoms with van der Waals surface area (Å²) in [6.45, 7) is 0.471. The fourth-order valence-electron chi connectivity index (χ4n) is 1.73. The molecule has 2 rings (SSSR count). The maximum atomic E-state index is 11.9. The van der Waals surface area contributed by atoms with Crippen molar-refractivity contribution in [1.82, 2.24) is 5.32 Å². The van der Waals surface area contributed by atoms with E-state index in [0.29, 0.717) is 6.54 Å². The lowest BCUT2D eigenvalue weighted by atomic mass is 10.2. The minimum absolute atomic E-state index is 0.00494. The van der Waals surface area contributed by atoms with E-state index in [-0.39, 0.29) is 37.4 Å². The lowest BCUT2D eigenvalue weighted by Crippen LogP contribution is -2.26. The van der Waals surface area contributed by atoms with Crippen molar-refractivity contribution < 1.29 is 9.53 Å². The number of hydrogen-bond acceptors (Lipinski definition) is 3. The second-order valence-electron chi connectivity index (χ2n) is 4.46. The summed E-state index contributed by atoms with van der Waals surface area (Å²) in [5.41, 5.74) is 1.04. The minimum atomic E-state index is -0.584. The molecule has 0 aliphatic rings.